The molecule has 2 rings (SSSR count). The van der Waals surface area contributed by atoms with Crippen molar-refractivity contribution in [1.82, 2.24) is 5.32 Å². The molecule has 0 heterocycles. The lowest BCUT2D eigenvalue weighted by molar-refractivity contribution is -0.145. The molecule has 0 bridgehead atoms. The minimum atomic E-state index is -0.833. The summed E-state index contributed by atoms with van der Waals surface area (Å²) < 4.78 is 18.0. The number of benzene rings is 2. The average Bonchev–Trinajstić information content (AvgIpc) is 2.59. The standard InChI is InChI=1S/C19H20FNO3/c1-24-19(23)17(13-15-8-5-9-16(20)12-15)21-18(22)11-10-14-6-3-2-4-7-14/h2-9,12,17H,10-11,13H2,1H3,(H,21,22)/t17-/m1/s1. The molecule has 2 aromatic rings. The van der Waals surface area contributed by atoms with E-state index >= 15 is 0 Å². The molecule has 0 saturated carbocycles. The highest BCUT2D eigenvalue weighted by molar-refractivity contribution is 5.84. The molecule has 0 saturated heterocycles. The van der Waals surface area contributed by atoms with E-state index in [9.17, 15) is 14.0 Å². The number of methoxy groups -OCH3 is 1. The Bertz CT molecular complexity index is 688. The van der Waals surface area contributed by atoms with Crippen LogP contribution in [0.1, 0.15) is 17.5 Å². The largest absolute Gasteiger partial charge is 0.467 e. The molecule has 0 fully saturated rings. The van der Waals surface area contributed by atoms with Gasteiger partial charge in [-0.2, -0.15) is 0 Å². The zero-order chi connectivity index (χ0) is 17.4. The number of carbonyl (C=O) groups excluding carboxylic acids is 2. The lowest BCUT2D eigenvalue weighted by Crippen LogP contribution is -2.43. The third-order valence-electron chi connectivity index (χ3n) is 3.63. The van der Waals surface area contributed by atoms with Crippen molar-refractivity contribution in [2.45, 2.75) is 25.3 Å². The van der Waals surface area contributed by atoms with Crippen molar-refractivity contribution >= 4 is 11.9 Å². The Morgan fingerprint density at radius 1 is 1.08 bits per heavy atom. The van der Waals surface area contributed by atoms with E-state index < -0.39 is 12.0 Å². The Morgan fingerprint density at radius 3 is 2.46 bits per heavy atom. The number of hydrogen-bond donors (Lipinski definition) is 1. The van der Waals surface area contributed by atoms with Crippen molar-refractivity contribution < 1.29 is 18.7 Å². The fourth-order valence-electron chi connectivity index (χ4n) is 2.40. The van der Waals surface area contributed by atoms with E-state index in [1.165, 1.54) is 19.2 Å². The Balaban J connectivity index is 1.95. The van der Waals surface area contributed by atoms with Crippen molar-refractivity contribution in [3.63, 3.8) is 0 Å². The van der Waals surface area contributed by atoms with Crippen molar-refractivity contribution in [3.05, 3.63) is 71.5 Å². The maximum atomic E-state index is 13.3. The second kappa shape index (κ2) is 8.82. The van der Waals surface area contributed by atoms with Gasteiger partial charge in [0.05, 0.1) is 7.11 Å². The van der Waals surface area contributed by atoms with Crippen LogP contribution in [0.3, 0.4) is 0 Å². The summed E-state index contributed by atoms with van der Waals surface area (Å²) in [5.41, 5.74) is 1.67. The number of ether oxygens (including phenoxy) is 1. The summed E-state index contributed by atoms with van der Waals surface area (Å²) in [6.45, 7) is 0. The zero-order valence-electron chi connectivity index (χ0n) is 13.5. The number of esters is 1. The Labute approximate surface area is 140 Å². The fraction of sp³-hybridized carbons (Fsp3) is 0.263. The number of carbonyl (C=O) groups is 2. The van der Waals surface area contributed by atoms with Crippen LogP contribution < -0.4 is 5.32 Å². The normalized spacial score (nSPS) is 11.6. The second-order valence-corrected chi connectivity index (χ2v) is 5.46. The first-order valence-corrected chi connectivity index (χ1v) is 7.74. The summed E-state index contributed by atoms with van der Waals surface area (Å²) >= 11 is 0. The molecule has 24 heavy (non-hydrogen) atoms. The molecule has 0 aliphatic rings. The molecule has 0 spiro atoms. The quantitative estimate of drug-likeness (QED) is 0.795. The van der Waals surface area contributed by atoms with Crippen LogP contribution in [0.4, 0.5) is 4.39 Å². The number of halogens is 1. The SMILES string of the molecule is COC(=O)[C@@H](Cc1cccc(F)c1)NC(=O)CCc1ccccc1. The number of aryl methyl sites for hydroxylation is 1. The smallest absolute Gasteiger partial charge is 0.328 e. The van der Waals surface area contributed by atoms with Crippen LogP contribution in [0.2, 0.25) is 0 Å². The van der Waals surface area contributed by atoms with Crippen molar-refractivity contribution in [1.29, 1.82) is 0 Å². The first-order valence-electron chi connectivity index (χ1n) is 7.74. The predicted molar refractivity (Wildman–Crippen MR) is 88.8 cm³/mol. The predicted octanol–water partition coefficient (Wildman–Crippen LogP) is 2.66. The highest BCUT2D eigenvalue weighted by Crippen LogP contribution is 2.08. The van der Waals surface area contributed by atoms with E-state index in [4.69, 9.17) is 4.74 Å². The van der Waals surface area contributed by atoms with Gasteiger partial charge in [0.15, 0.2) is 0 Å². The number of hydrogen-bond acceptors (Lipinski definition) is 3. The maximum Gasteiger partial charge on any atom is 0.328 e. The van der Waals surface area contributed by atoms with Gasteiger partial charge in [0, 0.05) is 12.8 Å². The molecule has 0 unspecified atom stereocenters. The molecule has 0 aliphatic carbocycles. The fourth-order valence-corrected chi connectivity index (χ4v) is 2.40. The van der Waals surface area contributed by atoms with Gasteiger partial charge in [-0.1, -0.05) is 42.5 Å². The highest BCUT2D eigenvalue weighted by atomic mass is 19.1. The molecule has 1 atom stereocenters. The molecule has 5 heteroatoms. The molecule has 0 aromatic heterocycles. The molecule has 2 aromatic carbocycles. The Hall–Kier alpha value is -2.69. The molecular weight excluding hydrogens is 309 g/mol. The third kappa shape index (κ3) is 5.50. The summed E-state index contributed by atoms with van der Waals surface area (Å²) in [6.07, 6.45) is 1.03. The van der Waals surface area contributed by atoms with E-state index in [2.05, 4.69) is 5.32 Å². The summed E-state index contributed by atoms with van der Waals surface area (Å²) in [5.74, 6) is -1.18. The van der Waals surface area contributed by atoms with Gasteiger partial charge < -0.3 is 10.1 Å². The monoisotopic (exact) mass is 329 g/mol. The van der Waals surface area contributed by atoms with Gasteiger partial charge in [-0.25, -0.2) is 9.18 Å². The first kappa shape index (κ1) is 17.7. The molecule has 4 nitrogen and oxygen atoms in total. The Morgan fingerprint density at radius 2 is 1.79 bits per heavy atom. The average molecular weight is 329 g/mol. The van der Waals surface area contributed by atoms with Crippen LogP contribution in [-0.2, 0) is 27.2 Å². The van der Waals surface area contributed by atoms with E-state index in [-0.39, 0.29) is 24.6 Å². The van der Waals surface area contributed by atoms with Crippen molar-refractivity contribution in [2.24, 2.45) is 0 Å². The minimum Gasteiger partial charge on any atom is -0.467 e. The van der Waals surface area contributed by atoms with Gasteiger partial charge in [0.1, 0.15) is 11.9 Å². The van der Waals surface area contributed by atoms with Crippen LogP contribution in [-0.4, -0.2) is 25.0 Å². The molecule has 1 N–H and O–H groups in total. The molecule has 0 radical (unpaired) electrons. The number of nitrogens with one attached hydrogen (secondary N) is 1. The van der Waals surface area contributed by atoms with Crippen LogP contribution in [0.15, 0.2) is 54.6 Å². The van der Waals surface area contributed by atoms with Gasteiger partial charge >= 0.3 is 5.97 Å². The van der Waals surface area contributed by atoms with Crippen LogP contribution in [0.5, 0.6) is 0 Å². The van der Waals surface area contributed by atoms with Crippen LogP contribution in [0, 0.1) is 5.82 Å². The van der Waals surface area contributed by atoms with Crippen LogP contribution in [0.25, 0.3) is 0 Å². The molecule has 126 valence electrons. The second-order valence-electron chi connectivity index (χ2n) is 5.46. The molecular formula is C19H20FNO3. The van der Waals surface area contributed by atoms with Crippen LogP contribution >= 0.6 is 0 Å². The molecule has 0 aliphatic heterocycles. The summed E-state index contributed by atoms with van der Waals surface area (Å²) in [4.78, 5) is 24.0. The molecule has 1 amide bonds. The van der Waals surface area contributed by atoms with Gasteiger partial charge in [-0.05, 0) is 29.7 Å². The van der Waals surface area contributed by atoms with Gasteiger partial charge in [-0.3, -0.25) is 4.79 Å². The summed E-state index contributed by atoms with van der Waals surface area (Å²) in [7, 11) is 1.26. The van der Waals surface area contributed by atoms with Crippen molar-refractivity contribution in [3.8, 4) is 0 Å². The van der Waals surface area contributed by atoms with E-state index in [0.717, 1.165) is 5.56 Å². The zero-order valence-corrected chi connectivity index (χ0v) is 13.5. The topological polar surface area (TPSA) is 55.4 Å². The Kier molecular flexibility index (Phi) is 6.49. The van der Waals surface area contributed by atoms with Gasteiger partial charge in [0.2, 0.25) is 5.91 Å². The van der Waals surface area contributed by atoms with Gasteiger partial charge in [-0.15, -0.1) is 0 Å². The van der Waals surface area contributed by atoms with E-state index in [1.54, 1.807) is 12.1 Å². The van der Waals surface area contributed by atoms with Crippen molar-refractivity contribution in [2.75, 3.05) is 7.11 Å². The summed E-state index contributed by atoms with van der Waals surface area (Å²) in [6, 6.07) is 14.7. The highest BCUT2D eigenvalue weighted by Gasteiger charge is 2.22. The number of amides is 1. The van der Waals surface area contributed by atoms with E-state index in [1.807, 2.05) is 30.3 Å². The first-order chi connectivity index (χ1) is 11.6. The van der Waals surface area contributed by atoms with E-state index in [0.29, 0.717) is 12.0 Å². The third-order valence-corrected chi connectivity index (χ3v) is 3.63. The van der Waals surface area contributed by atoms with Gasteiger partial charge in [0.25, 0.3) is 0 Å². The summed E-state index contributed by atoms with van der Waals surface area (Å²) in [5, 5.41) is 2.67. The minimum absolute atomic E-state index is 0.182. The number of rotatable bonds is 7. The lowest BCUT2D eigenvalue weighted by Gasteiger charge is -2.16. The maximum absolute atomic E-state index is 13.3. The lowest BCUT2D eigenvalue weighted by atomic mass is 10.0.